The molecule has 2 rings (SSSR count). The maximum Gasteiger partial charge on any atom is 0.416 e. The van der Waals surface area contributed by atoms with E-state index in [2.05, 4.69) is 0 Å². The van der Waals surface area contributed by atoms with E-state index in [9.17, 15) is 26.4 Å². The number of amides is 1. The number of benzene rings is 1. The summed E-state index contributed by atoms with van der Waals surface area (Å²) in [5.74, 6) is -1.50. The third-order valence-corrected chi connectivity index (χ3v) is 5.81. The van der Waals surface area contributed by atoms with Crippen LogP contribution < -0.4 is 5.73 Å². The van der Waals surface area contributed by atoms with E-state index in [0.29, 0.717) is 0 Å². The summed E-state index contributed by atoms with van der Waals surface area (Å²) < 4.78 is 62.3. The van der Waals surface area contributed by atoms with Gasteiger partial charge in [0.15, 0.2) is 9.84 Å². The smallest absolute Gasteiger partial charge is 0.369 e. The van der Waals surface area contributed by atoms with Gasteiger partial charge in [0, 0.05) is 5.92 Å². The van der Waals surface area contributed by atoms with Crippen LogP contribution in [0.2, 0.25) is 0 Å². The first-order chi connectivity index (χ1) is 9.61. The molecule has 1 aromatic rings. The second-order valence-corrected chi connectivity index (χ2v) is 7.41. The SMILES string of the molecule is NC(=O)C1CCS(=O)(=O)C(c2cccc(C(F)(F)F)c2)C1. The molecular formula is C13H14F3NO3S. The van der Waals surface area contributed by atoms with E-state index in [4.69, 9.17) is 5.73 Å². The Morgan fingerprint density at radius 1 is 1.29 bits per heavy atom. The maximum atomic E-state index is 12.7. The zero-order valence-electron chi connectivity index (χ0n) is 10.9. The molecule has 2 unspecified atom stereocenters. The predicted molar refractivity (Wildman–Crippen MR) is 69.9 cm³/mol. The molecular weight excluding hydrogens is 307 g/mol. The van der Waals surface area contributed by atoms with Gasteiger partial charge < -0.3 is 5.73 Å². The van der Waals surface area contributed by atoms with Crippen LogP contribution >= 0.6 is 0 Å². The Labute approximate surface area is 120 Å². The van der Waals surface area contributed by atoms with Gasteiger partial charge in [0.1, 0.15) is 0 Å². The summed E-state index contributed by atoms with van der Waals surface area (Å²) in [5.41, 5.74) is 4.33. The number of primary amides is 1. The molecule has 0 aromatic heterocycles. The minimum absolute atomic E-state index is 0.0516. The number of sulfone groups is 1. The minimum Gasteiger partial charge on any atom is -0.369 e. The molecule has 2 atom stereocenters. The summed E-state index contributed by atoms with van der Waals surface area (Å²) in [6.45, 7) is 0. The first kappa shape index (κ1) is 15.8. The molecule has 21 heavy (non-hydrogen) atoms. The summed E-state index contributed by atoms with van der Waals surface area (Å²) in [5, 5.41) is -1.12. The van der Waals surface area contributed by atoms with Crippen LogP contribution in [0.3, 0.4) is 0 Å². The lowest BCUT2D eigenvalue weighted by Crippen LogP contribution is -2.34. The lowest BCUT2D eigenvalue weighted by molar-refractivity contribution is -0.137. The van der Waals surface area contributed by atoms with Crippen LogP contribution in [0.15, 0.2) is 24.3 Å². The van der Waals surface area contributed by atoms with Crippen molar-refractivity contribution < 1.29 is 26.4 Å². The molecule has 1 amide bonds. The summed E-state index contributed by atoms with van der Waals surface area (Å²) in [4.78, 5) is 11.2. The fourth-order valence-electron chi connectivity index (χ4n) is 2.49. The molecule has 1 heterocycles. The lowest BCUT2D eigenvalue weighted by Gasteiger charge is -2.28. The van der Waals surface area contributed by atoms with E-state index in [1.807, 2.05) is 0 Å². The second kappa shape index (κ2) is 5.32. The Balaban J connectivity index is 2.40. The number of rotatable bonds is 2. The van der Waals surface area contributed by atoms with E-state index < -0.39 is 38.7 Å². The number of carbonyl (C=O) groups excluding carboxylic acids is 1. The molecule has 1 saturated heterocycles. The fraction of sp³-hybridized carbons (Fsp3) is 0.462. The van der Waals surface area contributed by atoms with Gasteiger partial charge >= 0.3 is 6.18 Å². The largest absolute Gasteiger partial charge is 0.416 e. The van der Waals surface area contributed by atoms with Crippen molar-refractivity contribution in [3.05, 3.63) is 35.4 Å². The molecule has 1 aliphatic rings. The Morgan fingerprint density at radius 3 is 2.52 bits per heavy atom. The molecule has 116 valence electrons. The van der Waals surface area contributed by atoms with Crippen LogP contribution in [0.1, 0.15) is 29.2 Å². The number of halogens is 3. The van der Waals surface area contributed by atoms with Crippen LogP contribution in [0, 0.1) is 5.92 Å². The van der Waals surface area contributed by atoms with Crippen molar-refractivity contribution in [2.75, 3.05) is 5.75 Å². The fourth-order valence-corrected chi connectivity index (χ4v) is 4.47. The number of alkyl halides is 3. The topological polar surface area (TPSA) is 77.2 Å². The molecule has 0 bridgehead atoms. The number of nitrogens with two attached hydrogens (primary N) is 1. The van der Waals surface area contributed by atoms with Crippen molar-refractivity contribution >= 4 is 15.7 Å². The van der Waals surface area contributed by atoms with E-state index in [0.717, 1.165) is 12.1 Å². The zero-order valence-corrected chi connectivity index (χ0v) is 11.7. The highest BCUT2D eigenvalue weighted by Gasteiger charge is 2.38. The zero-order chi connectivity index (χ0) is 15.8. The summed E-state index contributed by atoms with van der Waals surface area (Å²) in [6, 6.07) is 4.21. The summed E-state index contributed by atoms with van der Waals surface area (Å²) >= 11 is 0. The average Bonchev–Trinajstić information content (AvgIpc) is 2.37. The molecule has 0 radical (unpaired) electrons. The first-order valence-electron chi connectivity index (χ1n) is 6.29. The van der Waals surface area contributed by atoms with Gasteiger partial charge in [-0.1, -0.05) is 18.2 Å². The molecule has 0 saturated carbocycles. The number of hydrogen-bond donors (Lipinski definition) is 1. The molecule has 1 aromatic carbocycles. The molecule has 0 spiro atoms. The van der Waals surface area contributed by atoms with Crippen LogP contribution in [0.5, 0.6) is 0 Å². The third-order valence-electron chi connectivity index (χ3n) is 3.67. The normalized spacial score (nSPS) is 25.5. The van der Waals surface area contributed by atoms with Crippen molar-refractivity contribution in [3.63, 3.8) is 0 Å². The maximum absolute atomic E-state index is 12.7. The van der Waals surface area contributed by atoms with Gasteiger partial charge in [-0.05, 0) is 24.5 Å². The van der Waals surface area contributed by atoms with Crippen molar-refractivity contribution in [1.29, 1.82) is 0 Å². The Bertz CT molecular complexity index is 655. The molecule has 1 fully saturated rings. The molecule has 4 nitrogen and oxygen atoms in total. The lowest BCUT2D eigenvalue weighted by atomic mass is 9.94. The van der Waals surface area contributed by atoms with Crippen LogP contribution in [-0.4, -0.2) is 20.1 Å². The van der Waals surface area contributed by atoms with Crippen LogP contribution in [-0.2, 0) is 20.8 Å². The Morgan fingerprint density at radius 2 is 1.95 bits per heavy atom. The van der Waals surface area contributed by atoms with Crippen molar-refractivity contribution in [1.82, 2.24) is 0 Å². The van der Waals surface area contributed by atoms with Crippen molar-refractivity contribution in [3.8, 4) is 0 Å². The highest BCUT2D eigenvalue weighted by atomic mass is 32.2. The van der Waals surface area contributed by atoms with E-state index in [1.54, 1.807) is 0 Å². The van der Waals surface area contributed by atoms with Crippen molar-refractivity contribution in [2.45, 2.75) is 24.3 Å². The number of carbonyl (C=O) groups is 1. The van der Waals surface area contributed by atoms with Crippen LogP contribution in [0.25, 0.3) is 0 Å². The second-order valence-electron chi connectivity index (χ2n) is 5.10. The summed E-state index contributed by atoms with van der Waals surface area (Å²) in [7, 11) is -3.58. The van der Waals surface area contributed by atoms with Gasteiger partial charge in [0.2, 0.25) is 5.91 Å². The standard InChI is InChI=1S/C13H14F3NO3S/c14-13(15,16)10-3-1-2-8(6-10)11-7-9(12(17)18)4-5-21(11,19)20/h1-3,6,9,11H,4-5,7H2,(H2,17,18). The van der Waals surface area contributed by atoms with Crippen molar-refractivity contribution in [2.24, 2.45) is 11.7 Å². The van der Waals surface area contributed by atoms with Gasteiger partial charge in [0.25, 0.3) is 0 Å². The first-order valence-corrected chi connectivity index (χ1v) is 8.01. The average molecular weight is 321 g/mol. The van der Waals surface area contributed by atoms with E-state index >= 15 is 0 Å². The highest BCUT2D eigenvalue weighted by Crippen LogP contribution is 2.38. The molecule has 0 aliphatic carbocycles. The Kier molecular flexibility index (Phi) is 4.01. The monoisotopic (exact) mass is 321 g/mol. The van der Waals surface area contributed by atoms with Crippen LogP contribution in [0.4, 0.5) is 13.2 Å². The molecule has 1 aliphatic heterocycles. The van der Waals surface area contributed by atoms with E-state index in [-0.39, 0.29) is 24.2 Å². The van der Waals surface area contributed by atoms with Gasteiger partial charge in [-0.3, -0.25) is 4.79 Å². The number of hydrogen-bond acceptors (Lipinski definition) is 3. The Hall–Kier alpha value is -1.57. The minimum atomic E-state index is -4.54. The molecule has 8 heteroatoms. The van der Waals surface area contributed by atoms with Gasteiger partial charge in [0.05, 0.1) is 16.6 Å². The van der Waals surface area contributed by atoms with Gasteiger partial charge in [-0.15, -0.1) is 0 Å². The quantitative estimate of drug-likeness (QED) is 0.905. The molecule has 2 N–H and O–H groups in total. The summed E-state index contributed by atoms with van der Waals surface area (Å²) in [6.07, 6.45) is -4.50. The van der Waals surface area contributed by atoms with Gasteiger partial charge in [-0.2, -0.15) is 13.2 Å². The predicted octanol–water partition coefficient (Wildman–Crippen LogP) is 2.06. The highest BCUT2D eigenvalue weighted by molar-refractivity contribution is 7.91. The third kappa shape index (κ3) is 3.37. The van der Waals surface area contributed by atoms with E-state index in [1.165, 1.54) is 12.1 Å². The van der Waals surface area contributed by atoms with Gasteiger partial charge in [-0.25, -0.2) is 8.42 Å².